The minimum absolute atomic E-state index is 0.534. The van der Waals surface area contributed by atoms with Gasteiger partial charge in [0, 0.05) is 44.1 Å². The zero-order valence-electron chi connectivity index (χ0n) is 35.3. The zero-order chi connectivity index (χ0) is 42.9. The molecule has 65 heavy (non-hydrogen) atoms. The molecule has 0 atom stereocenters. The van der Waals surface area contributed by atoms with Crippen LogP contribution < -0.4 is 0 Å². The van der Waals surface area contributed by atoms with Crippen molar-refractivity contribution >= 4 is 32.8 Å². The third-order valence-electron chi connectivity index (χ3n) is 13.3. The third-order valence-corrected chi connectivity index (χ3v) is 13.3. The Hall–Kier alpha value is -8.60. The van der Waals surface area contributed by atoms with E-state index in [4.69, 9.17) is 14.4 Å². The number of rotatable bonds is 7. The molecule has 1 aliphatic rings. The van der Waals surface area contributed by atoms with Gasteiger partial charge in [0.15, 0.2) is 5.82 Å². The van der Waals surface area contributed by atoms with Crippen LogP contribution in [0.1, 0.15) is 22.3 Å². The number of furan rings is 1. The first-order valence-electron chi connectivity index (χ1n) is 22.1. The Labute approximate surface area is 376 Å². The first-order valence-corrected chi connectivity index (χ1v) is 22.1. The smallest absolute Gasteiger partial charge is 0.160 e. The van der Waals surface area contributed by atoms with Crippen LogP contribution in [0.3, 0.4) is 0 Å². The minimum atomic E-state index is -0.534. The van der Waals surface area contributed by atoms with Gasteiger partial charge < -0.3 is 8.98 Å². The molecule has 0 saturated carbocycles. The quantitative estimate of drug-likeness (QED) is 0.161. The Kier molecular flexibility index (Phi) is 8.40. The van der Waals surface area contributed by atoms with Gasteiger partial charge in [-0.15, -0.1) is 0 Å². The number of para-hydroxylation sites is 3. The SMILES string of the molecule is c1ccc(-n2c3ccccc3c3cc(-c4nc(-c5ccc(-c6cc7ccccc7o6)cc5)cc(-c5cccc6c5-c5ccccc5C6(c5ccccc5)c5ccccc5)n4)ccc32)cc1. The Balaban J connectivity index is 1.04. The van der Waals surface area contributed by atoms with E-state index >= 15 is 0 Å². The highest BCUT2D eigenvalue weighted by Gasteiger charge is 2.46. The first-order chi connectivity index (χ1) is 32.2. The van der Waals surface area contributed by atoms with E-state index in [2.05, 4.69) is 223 Å². The highest BCUT2D eigenvalue weighted by molar-refractivity contribution is 6.10. The van der Waals surface area contributed by atoms with Crippen molar-refractivity contribution in [1.29, 1.82) is 0 Å². The molecule has 3 aromatic heterocycles. The first kappa shape index (κ1) is 37.0. The van der Waals surface area contributed by atoms with E-state index in [1.165, 1.54) is 38.8 Å². The molecule has 4 nitrogen and oxygen atoms in total. The number of hydrogen-bond acceptors (Lipinski definition) is 3. The molecule has 0 radical (unpaired) electrons. The van der Waals surface area contributed by atoms with Crippen molar-refractivity contribution in [3.8, 4) is 62.0 Å². The van der Waals surface area contributed by atoms with Crippen LogP contribution in [0.15, 0.2) is 241 Å². The monoisotopic (exact) mass is 829 g/mol. The predicted octanol–water partition coefficient (Wildman–Crippen LogP) is 15.4. The lowest BCUT2D eigenvalue weighted by molar-refractivity contribution is 0.631. The number of fused-ring (bicyclic) bond motifs is 7. The van der Waals surface area contributed by atoms with Gasteiger partial charge in [-0.1, -0.05) is 182 Å². The molecule has 0 unspecified atom stereocenters. The van der Waals surface area contributed by atoms with Gasteiger partial charge in [-0.25, -0.2) is 9.97 Å². The van der Waals surface area contributed by atoms with Gasteiger partial charge in [-0.3, -0.25) is 0 Å². The molecule has 0 saturated heterocycles. The average Bonchev–Trinajstić information content (AvgIpc) is 4.06. The van der Waals surface area contributed by atoms with Crippen LogP contribution in [0.25, 0.3) is 94.8 Å². The number of hydrogen-bond donors (Lipinski definition) is 0. The summed E-state index contributed by atoms with van der Waals surface area (Å²) in [5, 5.41) is 3.42. The van der Waals surface area contributed by atoms with Crippen molar-refractivity contribution < 1.29 is 4.42 Å². The largest absolute Gasteiger partial charge is 0.456 e. The fourth-order valence-electron chi connectivity index (χ4n) is 10.5. The maximum Gasteiger partial charge on any atom is 0.160 e. The van der Waals surface area contributed by atoms with Gasteiger partial charge in [0.25, 0.3) is 0 Å². The second-order valence-electron chi connectivity index (χ2n) is 16.9. The Morgan fingerprint density at radius 3 is 1.78 bits per heavy atom. The summed E-state index contributed by atoms with van der Waals surface area (Å²) in [5.74, 6) is 1.50. The molecule has 0 aliphatic heterocycles. The van der Waals surface area contributed by atoms with Gasteiger partial charge in [-0.2, -0.15) is 0 Å². The summed E-state index contributed by atoms with van der Waals surface area (Å²) in [4.78, 5) is 11.0. The highest BCUT2D eigenvalue weighted by atomic mass is 16.3. The van der Waals surface area contributed by atoms with E-state index < -0.39 is 5.41 Å². The molecular weight excluding hydrogens is 791 g/mol. The lowest BCUT2D eigenvalue weighted by atomic mass is 9.67. The molecule has 13 rings (SSSR count). The van der Waals surface area contributed by atoms with Gasteiger partial charge in [-0.05, 0) is 88.0 Å². The van der Waals surface area contributed by atoms with Crippen molar-refractivity contribution in [3.05, 3.63) is 259 Å². The van der Waals surface area contributed by atoms with Crippen LogP contribution >= 0.6 is 0 Å². The molecule has 0 N–H and O–H groups in total. The van der Waals surface area contributed by atoms with Gasteiger partial charge in [0.05, 0.1) is 27.8 Å². The van der Waals surface area contributed by atoms with Crippen LogP contribution in [0.2, 0.25) is 0 Å². The molecule has 9 aromatic carbocycles. The van der Waals surface area contributed by atoms with Crippen LogP contribution in [0, 0.1) is 0 Å². The Morgan fingerprint density at radius 2 is 1.00 bits per heavy atom. The van der Waals surface area contributed by atoms with Crippen molar-refractivity contribution in [2.24, 2.45) is 0 Å². The summed E-state index contributed by atoms with van der Waals surface area (Å²) in [5.41, 5.74) is 16.8. The lowest BCUT2D eigenvalue weighted by Gasteiger charge is -2.33. The van der Waals surface area contributed by atoms with Crippen molar-refractivity contribution in [1.82, 2.24) is 14.5 Å². The molecule has 0 fully saturated rings. The van der Waals surface area contributed by atoms with Crippen LogP contribution in [-0.4, -0.2) is 14.5 Å². The summed E-state index contributed by atoms with van der Waals surface area (Å²) in [6.45, 7) is 0. The standard InChI is InChI=1S/C61H39N3O/c1-4-18-44(19-5-1)61(45-20-6-2-7-21-45)51-27-13-11-25-48(51)59-49(26-16-28-52(59)61)54-39-53(40-31-33-41(34-32-40)58-38-42-17-10-15-30-57(42)65-58)62-60(63-54)43-35-36-56-50(37-43)47-24-12-14-29-55(47)64(56)46-22-8-3-9-23-46/h1-39H. The van der Waals surface area contributed by atoms with E-state index in [0.29, 0.717) is 5.82 Å². The lowest BCUT2D eigenvalue weighted by Crippen LogP contribution is -2.28. The fourth-order valence-corrected chi connectivity index (χ4v) is 10.5. The highest BCUT2D eigenvalue weighted by Crippen LogP contribution is 2.58. The number of nitrogens with zero attached hydrogens (tertiary/aromatic N) is 3. The summed E-state index contributed by atoms with van der Waals surface area (Å²) in [6.07, 6.45) is 0. The molecule has 0 bridgehead atoms. The maximum atomic E-state index is 6.27. The molecule has 0 spiro atoms. The van der Waals surface area contributed by atoms with Crippen molar-refractivity contribution in [2.75, 3.05) is 0 Å². The van der Waals surface area contributed by atoms with Crippen LogP contribution in [0.5, 0.6) is 0 Å². The Bertz CT molecular complexity index is 3680. The fraction of sp³-hybridized carbons (Fsp3) is 0.0164. The molecule has 3 heterocycles. The Morgan fingerprint density at radius 1 is 0.400 bits per heavy atom. The maximum absolute atomic E-state index is 6.27. The molecule has 12 aromatic rings. The zero-order valence-corrected chi connectivity index (χ0v) is 35.3. The summed E-state index contributed by atoms with van der Waals surface area (Å²) >= 11 is 0. The summed E-state index contributed by atoms with van der Waals surface area (Å²) in [6, 6.07) is 84.4. The van der Waals surface area contributed by atoms with E-state index in [-0.39, 0.29) is 0 Å². The molecule has 4 heteroatoms. The van der Waals surface area contributed by atoms with E-state index in [1.807, 2.05) is 18.2 Å². The molecule has 1 aliphatic carbocycles. The summed E-state index contributed by atoms with van der Waals surface area (Å²) in [7, 11) is 0. The van der Waals surface area contributed by atoms with E-state index in [9.17, 15) is 0 Å². The van der Waals surface area contributed by atoms with Crippen LogP contribution in [0.4, 0.5) is 0 Å². The van der Waals surface area contributed by atoms with Crippen LogP contribution in [-0.2, 0) is 5.41 Å². The second-order valence-corrected chi connectivity index (χ2v) is 16.9. The van der Waals surface area contributed by atoms with Crippen molar-refractivity contribution in [2.45, 2.75) is 5.41 Å². The van der Waals surface area contributed by atoms with E-state index in [1.54, 1.807) is 0 Å². The normalized spacial score (nSPS) is 12.7. The van der Waals surface area contributed by atoms with Gasteiger partial charge in [0.1, 0.15) is 11.3 Å². The van der Waals surface area contributed by atoms with E-state index in [0.717, 1.165) is 72.5 Å². The predicted molar refractivity (Wildman–Crippen MR) is 265 cm³/mol. The number of benzene rings is 9. The second kappa shape index (κ2) is 14.8. The topological polar surface area (TPSA) is 43.9 Å². The van der Waals surface area contributed by atoms with Crippen molar-refractivity contribution in [3.63, 3.8) is 0 Å². The molecule has 304 valence electrons. The van der Waals surface area contributed by atoms with Gasteiger partial charge in [0.2, 0.25) is 0 Å². The summed E-state index contributed by atoms with van der Waals surface area (Å²) < 4.78 is 8.62. The average molecular weight is 830 g/mol. The molecular formula is C61H39N3O. The van der Waals surface area contributed by atoms with Gasteiger partial charge >= 0.3 is 0 Å². The molecule has 0 amide bonds. The number of aromatic nitrogens is 3. The third kappa shape index (κ3) is 5.77. The minimum Gasteiger partial charge on any atom is -0.456 e.